The molecule has 0 spiro atoms. The molecule has 0 bridgehead atoms. The molecule has 0 saturated heterocycles. The third-order valence-corrected chi connectivity index (χ3v) is 3.85. The van der Waals surface area contributed by atoms with Crippen LogP contribution in [0.2, 0.25) is 5.02 Å². The van der Waals surface area contributed by atoms with Crippen LogP contribution in [0, 0.1) is 5.41 Å². The van der Waals surface area contributed by atoms with Gasteiger partial charge in [0.05, 0.1) is 18.4 Å². The largest absolute Gasteiger partial charge is 0.504 e. The highest BCUT2D eigenvalue weighted by Crippen LogP contribution is 2.33. The molecule has 0 saturated carbocycles. The number of phenolic OH excluding ortho intramolecular Hbond substituents is 1. The second-order valence-electron chi connectivity index (χ2n) is 6.58. The molecule has 25 heavy (non-hydrogen) atoms. The monoisotopic (exact) mass is 361 g/mol. The Morgan fingerprint density at radius 3 is 2.40 bits per heavy atom. The van der Waals surface area contributed by atoms with Crippen LogP contribution in [0.1, 0.15) is 36.7 Å². The number of hydrogen-bond donors (Lipinski definition) is 2. The van der Waals surface area contributed by atoms with Gasteiger partial charge in [0.1, 0.15) is 0 Å². The van der Waals surface area contributed by atoms with Crippen molar-refractivity contribution in [2.75, 3.05) is 12.4 Å². The number of nitrogens with one attached hydrogen (secondary N) is 1. The molecule has 0 fully saturated rings. The number of aromatic hydroxyl groups is 1. The number of carbonyl (C=O) groups is 2. The summed E-state index contributed by atoms with van der Waals surface area (Å²) in [5.74, 6) is -0.780. The Hall–Kier alpha value is -2.53. The van der Waals surface area contributed by atoms with E-state index in [9.17, 15) is 14.7 Å². The van der Waals surface area contributed by atoms with Crippen molar-refractivity contribution in [1.29, 1.82) is 0 Å². The van der Waals surface area contributed by atoms with Crippen molar-refractivity contribution in [3.05, 3.63) is 52.5 Å². The number of amides is 1. The van der Waals surface area contributed by atoms with E-state index in [1.807, 2.05) is 0 Å². The van der Waals surface area contributed by atoms with E-state index in [0.29, 0.717) is 10.7 Å². The van der Waals surface area contributed by atoms with Crippen LogP contribution in [-0.4, -0.2) is 23.9 Å². The number of methoxy groups -OCH3 is 1. The van der Waals surface area contributed by atoms with Crippen LogP contribution >= 0.6 is 11.6 Å². The Labute approximate surface area is 151 Å². The maximum Gasteiger partial charge on any atom is 0.229 e. The van der Waals surface area contributed by atoms with Gasteiger partial charge in [-0.2, -0.15) is 0 Å². The number of halogens is 1. The van der Waals surface area contributed by atoms with Gasteiger partial charge in [0.15, 0.2) is 17.3 Å². The van der Waals surface area contributed by atoms with Crippen molar-refractivity contribution in [3.63, 3.8) is 0 Å². The van der Waals surface area contributed by atoms with Gasteiger partial charge in [0, 0.05) is 16.0 Å². The molecule has 2 rings (SSSR count). The minimum absolute atomic E-state index is 0.0628. The smallest absolute Gasteiger partial charge is 0.229 e. The standard InChI is InChI=1S/C19H20ClNO4/c1-19(2,3)18(24)21-14-9-8-11(20)10-13(14)16(22)12-6-5-7-15(25-4)17(12)23/h5-10,23H,1-4H3,(H,21,24). The first-order chi connectivity index (χ1) is 11.6. The Morgan fingerprint density at radius 2 is 1.80 bits per heavy atom. The lowest BCUT2D eigenvalue weighted by molar-refractivity contribution is -0.123. The maximum absolute atomic E-state index is 12.9. The highest BCUT2D eigenvalue weighted by molar-refractivity contribution is 6.31. The van der Waals surface area contributed by atoms with E-state index in [1.54, 1.807) is 45.0 Å². The minimum atomic E-state index is -0.627. The number of rotatable bonds is 4. The van der Waals surface area contributed by atoms with Crippen molar-refractivity contribution in [2.24, 2.45) is 5.41 Å². The molecule has 0 aliphatic rings. The fourth-order valence-corrected chi connectivity index (χ4v) is 2.31. The highest BCUT2D eigenvalue weighted by atomic mass is 35.5. The molecule has 2 aromatic carbocycles. The summed E-state index contributed by atoms with van der Waals surface area (Å²) >= 11 is 6.02. The lowest BCUT2D eigenvalue weighted by Crippen LogP contribution is -2.28. The average Bonchev–Trinajstić information content (AvgIpc) is 2.55. The molecule has 0 heterocycles. The first-order valence-electron chi connectivity index (χ1n) is 7.67. The summed E-state index contributed by atoms with van der Waals surface area (Å²) in [6.45, 7) is 5.31. The second-order valence-corrected chi connectivity index (χ2v) is 7.02. The normalized spacial score (nSPS) is 11.1. The van der Waals surface area contributed by atoms with E-state index in [4.69, 9.17) is 16.3 Å². The molecule has 5 nitrogen and oxygen atoms in total. The molecule has 0 radical (unpaired) electrons. The molecule has 0 aliphatic carbocycles. The first-order valence-corrected chi connectivity index (χ1v) is 8.04. The number of phenols is 1. The molecule has 0 unspecified atom stereocenters. The van der Waals surface area contributed by atoms with Gasteiger partial charge >= 0.3 is 0 Å². The Morgan fingerprint density at radius 1 is 1.12 bits per heavy atom. The van der Waals surface area contributed by atoms with Crippen LogP contribution in [0.15, 0.2) is 36.4 Å². The third kappa shape index (κ3) is 4.12. The molecule has 1 amide bonds. The number of ketones is 1. The van der Waals surface area contributed by atoms with Crippen LogP contribution in [0.4, 0.5) is 5.69 Å². The van der Waals surface area contributed by atoms with Crippen LogP contribution in [0.3, 0.4) is 0 Å². The summed E-state index contributed by atoms with van der Waals surface area (Å²) in [5, 5.41) is 13.3. The van der Waals surface area contributed by atoms with E-state index >= 15 is 0 Å². The van der Waals surface area contributed by atoms with Gasteiger partial charge in [-0.15, -0.1) is 0 Å². The van der Waals surface area contributed by atoms with E-state index in [-0.39, 0.29) is 28.5 Å². The van der Waals surface area contributed by atoms with Crippen LogP contribution in [0.5, 0.6) is 11.5 Å². The van der Waals surface area contributed by atoms with Crippen molar-refractivity contribution in [3.8, 4) is 11.5 Å². The summed E-state index contributed by atoms with van der Waals surface area (Å²) in [5.41, 5.74) is -0.0454. The SMILES string of the molecule is COc1cccc(C(=O)c2cc(Cl)ccc2NC(=O)C(C)(C)C)c1O. The Balaban J connectivity index is 2.50. The van der Waals surface area contributed by atoms with Crippen molar-refractivity contribution < 1.29 is 19.4 Å². The summed E-state index contributed by atoms with van der Waals surface area (Å²) in [7, 11) is 1.40. The van der Waals surface area contributed by atoms with E-state index in [2.05, 4.69) is 5.32 Å². The number of ether oxygens (including phenoxy) is 1. The fraction of sp³-hybridized carbons (Fsp3) is 0.263. The van der Waals surface area contributed by atoms with Gasteiger partial charge in [0.2, 0.25) is 5.91 Å². The molecule has 2 N–H and O–H groups in total. The molecule has 0 aliphatic heterocycles. The average molecular weight is 362 g/mol. The zero-order valence-corrected chi connectivity index (χ0v) is 15.3. The van der Waals surface area contributed by atoms with Crippen LogP contribution in [-0.2, 0) is 4.79 Å². The molecule has 6 heteroatoms. The number of benzene rings is 2. The molecule has 132 valence electrons. The zero-order chi connectivity index (χ0) is 18.8. The second kappa shape index (κ2) is 7.15. The summed E-state index contributed by atoms with van der Waals surface area (Å²) in [4.78, 5) is 25.2. The van der Waals surface area contributed by atoms with Gasteiger partial charge in [0.25, 0.3) is 0 Å². The van der Waals surface area contributed by atoms with E-state index < -0.39 is 11.2 Å². The number of anilines is 1. The number of para-hydroxylation sites is 1. The van der Waals surface area contributed by atoms with Crippen molar-refractivity contribution in [2.45, 2.75) is 20.8 Å². The van der Waals surface area contributed by atoms with Crippen molar-refractivity contribution >= 4 is 29.0 Å². The number of hydrogen-bond acceptors (Lipinski definition) is 4. The molecule has 0 aromatic heterocycles. The molecular formula is C19H20ClNO4. The Bertz CT molecular complexity index is 825. The lowest BCUT2D eigenvalue weighted by atomic mass is 9.94. The minimum Gasteiger partial charge on any atom is -0.504 e. The quantitative estimate of drug-likeness (QED) is 0.797. The summed E-state index contributed by atoms with van der Waals surface area (Å²) < 4.78 is 5.04. The van der Waals surface area contributed by atoms with Gasteiger partial charge in [-0.3, -0.25) is 9.59 Å². The maximum atomic E-state index is 12.9. The lowest BCUT2D eigenvalue weighted by Gasteiger charge is -2.19. The third-order valence-electron chi connectivity index (χ3n) is 3.62. The van der Waals surface area contributed by atoms with Gasteiger partial charge in [-0.25, -0.2) is 0 Å². The number of carbonyl (C=O) groups excluding carboxylic acids is 2. The Kier molecular flexibility index (Phi) is 5.38. The zero-order valence-electron chi connectivity index (χ0n) is 14.5. The summed E-state index contributed by atoms with van der Waals surface area (Å²) in [6.07, 6.45) is 0. The predicted octanol–water partition coefficient (Wildman–Crippen LogP) is 4.27. The van der Waals surface area contributed by atoms with E-state index in [0.717, 1.165) is 0 Å². The first kappa shape index (κ1) is 18.8. The van der Waals surface area contributed by atoms with Crippen LogP contribution < -0.4 is 10.1 Å². The summed E-state index contributed by atoms with van der Waals surface area (Å²) in [6, 6.07) is 9.24. The highest BCUT2D eigenvalue weighted by Gasteiger charge is 2.25. The van der Waals surface area contributed by atoms with Gasteiger partial charge < -0.3 is 15.2 Å². The molecule has 2 aromatic rings. The van der Waals surface area contributed by atoms with Gasteiger partial charge in [-0.1, -0.05) is 38.4 Å². The van der Waals surface area contributed by atoms with Crippen LogP contribution in [0.25, 0.3) is 0 Å². The molecule has 0 atom stereocenters. The molecular weight excluding hydrogens is 342 g/mol. The fourth-order valence-electron chi connectivity index (χ4n) is 2.14. The van der Waals surface area contributed by atoms with Gasteiger partial charge in [-0.05, 0) is 30.3 Å². The predicted molar refractivity (Wildman–Crippen MR) is 97.6 cm³/mol. The topological polar surface area (TPSA) is 75.6 Å². The van der Waals surface area contributed by atoms with Crippen molar-refractivity contribution in [1.82, 2.24) is 0 Å². The van der Waals surface area contributed by atoms with E-state index in [1.165, 1.54) is 19.2 Å².